The Morgan fingerprint density at radius 2 is 1.39 bits per heavy atom. The molecule has 0 fully saturated rings. The Hall–Kier alpha value is -1.73. The van der Waals surface area contributed by atoms with Crippen LogP contribution in [-0.2, 0) is 12.4 Å². The van der Waals surface area contributed by atoms with Gasteiger partial charge in [-0.2, -0.15) is 26.3 Å². The molecule has 1 rings (SSSR count). The van der Waals surface area contributed by atoms with Gasteiger partial charge in [0.15, 0.2) is 5.78 Å². The first-order chi connectivity index (χ1) is 7.96. The number of halogens is 6. The van der Waals surface area contributed by atoms with Gasteiger partial charge in [-0.15, -0.1) is 0 Å². The predicted octanol–water partition coefficient (Wildman–Crippen LogP) is 3.51. The molecular formula is C10H7F6NO. The average molecular weight is 271 g/mol. The highest BCUT2D eigenvalue weighted by Gasteiger charge is 2.40. The van der Waals surface area contributed by atoms with Crippen molar-refractivity contribution in [1.82, 2.24) is 0 Å². The summed E-state index contributed by atoms with van der Waals surface area (Å²) in [4.78, 5) is 11.1. The number of Topliss-reactive ketones (excluding diaryl/α,β-unsaturated/α-hetero) is 1. The van der Waals surface area contributed by atoms with Gasteiger partial charge in [0.2, 0.25) is 0 Å². The summed E-state index contributed by atoms with van der Waals surface area (Å²) < 4.78 is 74.9. The maximum absolute atomic E-state index is 12.5. The summed E-state index contributed by atoms with van der Waals surface area (Å²) in [5.41, 5.74) is -0.262. The van der Waals surface area contributed by atoms with Gasteiger partial charge in [0.25, 0.3) is 0 Å². The number of rotatable bonds is 1. The second-order valence-electron chi connectivity index (χ2n) is 3.50. The molecule has 0 saturated carbocycles. The monoisotopic (exact) mass is 271 g/mol. The number of ketones is 1. The molecular weight excluding hydrogens is 264 g/mol. The first kappa shape index (κ1) is 14.3. The number of alkyl halides is 6. The van der Waals surface area contributed by atoms with Gasteiger partial charge in [-0.3, -0.25) is 4.79 Å². The topological polar surface area (TPSA) is 43.1 Å². The molecule has 1 aromatic rings. The van der Waals surface area contributed by atoms with E-state index in [0.717, 1.165) is 6.92 Å². The fourth-order valence-corrected chi connectivity index (χ4v) is 1.48. The molecule has 0 aliphatic heterocycles. The van der Waals surface area contributed by atoms with Crippen molar-refractivity contribution in [2.24, 2.45) is 0 Å². The highest BCUT2D eigenvalue weighted by atomic mass is 19.4. The zero-order valence-corrected chi connectivity index (χ0v) is 8.91. The van der Waals surface area contributed by atoms with Gasteiger partial charge in [-0.05, 0) is 19.1 Å². The molecule has 18 heavy (non-hydrogen) atoms. The highest BCUT2D eigenvalue weighted by molar-refractivity contribution is 6.01. The van der Waals surface area contributed by atoms with Crippen LogP contribution in [0.15, 0.2) is 12.1 Å². The van der Waals surface area contributed by atoms with Crippen molar-refractivity contribution in [3.8, 4) is 0 Å². The lowest BCUT2D eigenvalue weighted by Gasteiger charge is -2.17. The van der Waals surface area contributed by atoms with Crippen molar-refractivity contribution in [2.45, 2.75) is 19.3 Å². The van der Waals surface area contributed by atoms with E-state index in [2.05, 4.69) is 0 Å². The number of nitrogens with two attached hydrogens (primary N) is 1. The zero-order chi connectivity index (χ0) is 14.3. The fraction of sp³-hybridized carbons (Fsp3) is 0.300. The van der Waals surface area contributed by atoms with Crippen molar-refractivity contribution in [3.63, 3.8) is 0 Å². The number of benzene rings is 1. The predicted molar refractivity (Wildman–Crippen MR) is 50.9 cm³/mol. The molecule has 100 valence electrons. The van der Waals surface area contributed by atoms with Crippen LogP contribution in [-0.4, -0.2) is 5.78 Å². The van der Waals surface area contributed by atoms with Crippen LogP contribution in [0.3, 0.4) is 0 Å². The quantitative estimate of drug-likeness (QED) is 0.482. The Morgan fingerprint density at radius 1 is 1.00 bits per heavy atom. The molecule has 0 aliphatic rings. The van der Waals surface area contributed by atoms with E-state index in [0.29, 0.717) is 0 Å². The minimum atomic E-state index is -4.95. The van der Waals surface area contributed by atoms with E-state index in [1.807, 2.05) is 0 Å². The van der Waals surface area contributed by atoms with Gasteiger partial charge in [-0.1, -0.05) is 0 Å². The van der Waals surface area contributed by atoms with Crippen LogP contribution in [0.1, 0.15) is 28.4 Å². The van der Waals surface area contributed by atoms with Gasteiger partial charge >= 0.3 is 12.4 Å². The van der Waals surface area contributed by atoms with E-state index < -0.39 is 40.5 Å². The molecule has 0 atom stereocenters. The van der Waals surface area contributed by atoms with Crippen LogP contribution in [0, 0.1) is 0 Å². The highest BCUT2D eigenvalue weighted by Crippen LogP contribution is 2.41. The number of hydrogen-bond acceptors (Lipinski definition) is 2. The van der Waals surface area contributed by atoms with Crippen LogP contribution in [0.4, 0.5) is 32.0 Å². The minimum absolute atomic E-state index is 0.204. The molecule has 8 heteroatoms. The van der Waals surface area contributed by atoms with Crippen molar-refractivity contribution in [1.29, 1.82) is 0 Å². The van der Waals surface area contributed by atoms with E-state index in [1.165, 1.54) is 0 Å². The lowest BCUT2D eigenvalue weighted by atomic mass is 9.97. The van der Waals surface area contributed by atoms with E-state index in [-0.39, 0.29) is 12.1 Å². The minimum Gasteiger partial charge on any atom is -0.398 e. The summed E-state index contributed by atoms with van der Waals surface area (Å²) in [7, 11) is 0. The van der Waals surface area contributed by atoms with Gasteiger partial charge in [0, 0.05) is 0 Å². The molecule has 2 nitrogen and oxygen atoms in total. The van der Waals surface area contributed by atoms with Gasteiger partial charge < -0.3 is 5.73 Å². The van der Waals surface area contributed by atoms with Crippen LogP contribution in [0.5, 0.6) is 0 Å². The Kier molecular flexibility index (Phi) is 3.33. The third-order valence-corrected chi connectivity index (χ3v) is 2.21. The van der Waals surface area contributed by atoms with Crippen molar-refractivity contribution >= 4 is 11.5 Å². The van der Waals surface area contributed by atoms with Crippen molar-refractivity contribution in [3.05, 3.63) is 28.8 Å². The SMILES string of the molecule is CC(=O)c1c(C(F)(F)F)ccc(C(F)(F)F)c1N. The molecule has 0 aromatic heterocycles. The number of hydrogen-bond donors (Lipinski definition) is 1. The molecule has 0 spiro atoms. The summed E-state index contributed by atoms with van der Waals surface area (Å²) in [5.74, 6) is -1.18. The van der Waals surface area contributed by atoms with Crippen LogP contribution < -0.4 is 5.73 Å². The Labute approximate surface area is 97.4 Å². The van der Waals surface area contributed by atoms with Crippen molar-refractivity contribution < 1.29 is 31.1 Å². The van der Waals surface area contributed by atoms with Gasteiger partial charge in [-0.25, -0.2) is 0 Å². The summed E-state index contributed by atoms with van der Waals surface area (Å²) in [6.07, 6.45) is -9.86. The lowest BCUT2D eigenvalue weighted by molar-refractivity contribution is -0.141. The van der Waals surface area contributed by atoms with Gasteiger partial charge in [0.05, 0.1) is 22.4 Å². The number of carbonyl (C=O) groups is 1. The summed E-state index contributed by atoms with van der Waals surface area (Å²) in [5, 5.41) is 0. The third kappa shape index (κ3) is 2.57. The number of carbonyl (C=O) groups excluding carboxylic acids is 1. The number of nitrogen functional groups attached to an aromatic ring is 1. The molecule has 0 unspecified atom stereocenters. The van der Waals surface area contributed by atoms with Crippen LogP contribution in [0.25, 0.3) is 0 Å². The molecule has 0 saturated heterocycles. The molecule has 0 aliphatic carbocycles. The Balaban J connectivity index is 3.64. The lowest BCUT2D eigenvalue weighted by Crippen LogP contribution is -2.18. The van der Waals surface area contributed by atoms with Gasteiger partial charge in [0.1, 0.15) is 0 Å². The van der Waals surface area contributed by atoms with E-state index in [4.69, 9.17) is 5.73 Å². The maximum atomic E-state index is 12.5. The first-order valence-electron chi connectivity index (χ1n) is 4.54. The normalized spacial score (nSPS) is 12.6. The molecule has 0 amide bonds. The number of anilines is 1. The molecule has 2 N–H and O–H groups in total. The first-order valence-corrected chi connectivity index (χ1v) is 4.54. The smallest absolute Gasteiger partial charge is 0.398 e. The van der Waals surface area contributed by atoms with Crippen LogP contribution >= 0.6 is 0 Å². The standard InChI is InChI=1S/C10H7F6NO/c1-4(18)7-5(9(11,12)13)2-3-6(8(7)17)10(14,15)16/h2-3H,17H2,1H3. The zero-order valence-electron chi connectivity index (χ0n) is 8.91. The average Bonchev–Trinajstić information content (AvgIpc) is 2.12. The molecule has 1 aromatic carbocycles. The second kappa shape index (κ2) is 4.18. The Bertz CT molecular complexity index is 488. The Morgan fingerprint density at radius 3 is 1.72 bits per heavy atom. The third-order valence-electron chi connectivity index (χ3n) is 2.21. The maximum Gasteiger partial charge on any atom is 0.418 e. The summed E-state index contributed by atoms with van der Waals surface area (Å²) in [6.45, 7) is 0.723. The van der Waals surface area contributed by atoms with Crippen LogP contribution in [0.2, 0.25) is 0 Å². The molecule has 0 bridgehead atoms. The van der Waals surface area contributed by atoms with E-state index >= 15 is 0 Å². The van der Waals surface area contributed by atoms with E-state index in [9.17, 15) is 31.1 Å². The summed E-state index contributed by atoms with van der Waals surface area (Å²) >= 11 is 0. The van der Waals surface area contributed by atoms with Crippen molar-refractivity contribution in [2.75, 3.05) is 5.73 Å². The molecule has 0 heterocycles. The second-order valence-corrected chi connectivity index (χ2v) is 3.50. The largest absolute Gasteiger partial charge is 0.418 e. The fourth-order valence-electron chi connectivity index (χ4n) is 1.48. The van der Waals surface area contributed by atoms with E-state index in [1.54, 1.807) is 0 Å². The molecule has 0 radical (unpaired) electrons. The summed E-state index contributed by atoms with van der Waals surface area (Å²) in [6, 6.07) is 0.417.